The Balaban J connectivity index is 2.00. The van der Waals surface area contributed by atoms with Gasteiger partial charge in [-0.25, -0.2) is 0 Å². The number of nitrogens with two attached hydrogens (primary N) is 1. The summed E-state index contributed by atoms with van der Waals surface area (Å²) in [6.45, 7) is 4.09. The summed E-state index contributed by atoms with van der Waals surface area (Å²) in [5.41, 5.74) is 7.57. The van der Waals surface area contributed by atoms with Gasteiger partial charge in [-0.2, -0.15) is 5.10 Å². The topological polar surface area (TPSA) is 55.9 Å². The molecule has 0 spiro atoms. The second kappa shape index (κ2) is 7.07. The molecule has 5 heteroatoms. The molecule has 0 saturated heterocycles. The third-order valence-corrected chi connectivity index (χ3v) is 4.29. The highest BCUT2D eigenvalue weighted by atomic mass is 35.5. The van der Waals surface area contributed by atoms with Crippen LogP contribution in [0.25, 0.3) is 0 Å². The van der Waals surface area contributed by atoms with E-state index < -0.39 is 0 Å². The Hall–Kier alpha value is -1.36. The molecule has 21 heavy (non-hydrogen) atoms. The highest BCUT2D eigenvalue weighted by Crippen LogP contribution is 2.21. The van der Waals surface area contributed by atoms with Crippen molar-refractivity contribution in [3.8, 4) is 0 Å². The van der Waals surface area contributed by atoms with Gasteiger partial charge in [-0.15, -0.1) is 0 Å². The van der Waals surface area contributed by atoms with Crippen LogP contribution in [-0.4, -0.2) is 15.8 Å². The molecule has 4 nitrogen and oxygen atoms in total. The predicted octanol–water partition coefficient (Wildman–Crippen LogP) is 2.70. The molecule has 0 amide bonds. The van der Waals surface area contributed by atoms with Gasteiger partial charge in [-0.05, 0) is 38.7 Å². The molecular formula is C16H23ClN4. The molecule has 0 aliphatic rings. The first-order chi connectivity index (χ1) is 10.0. The number of hydrogen-bond donors (Lipinski definition) is 2. The maximum atomic E-state index is 6.28. The minimum absolute atomic E-state index is 0.186. The summed E-state index contributed by atoms with van der Waals surface area (Å²) >= 11 is 6.28. The van der Waals surface area contributed by atoms with Crippen molar-refractivity contribution in [2.45, 2.75) is 39.2 Å². The summed E-state index contributed by atoms with van der Waals surface area (Å²) in [7, 11) is 1.86. The van der Waals surface area contributed by atoms with Crippen LogP contribution in [0.15, 0.2) is 24.3 Å². The van der Waals surface area contributed by atoms with E-state index in [1.807, 2.05) is 14.0 Å². The molecule has 0 saturated carbocycles. The quantitative estimate of drug-likeness (QED) is 0.637. The first kappa shape index (κ1) is 16.0. The fourth-order valence-electron chi connectivity index (χ4n) is 2.61. The Bertz CT molecular complexity index is 606. The van der Waals surface area contributed by atoms with Crippen molar-refractivity contribution in [1.82, 2.24) is 15.2 Å². The molecule has 0 fully saturated rings. The third kappa shape index (κ3) is 4.06. The van der Waals surface area contributed by atoms with Crippen LogP contribution in [0.4, 0.5) is 0 Å². The fourth-order valence-corrected chi connectivity index (χ4v) is 2.86. The maximum absolute atomic E-state index is 6.28. The molecule has 0 bridgehead atoms. The number of nitrogens with one attached hydrogen (secondary N) is 1. The van der Waals surface area contributed by atoms with E-state index in [9.17, 15) is 0 Å². The Labute approximate surface area is 131 Å². The van der Waals surface area contributed by atoms with Crippen LogP contribution in [0.3, 0.4) is 0 Å². The number of aryl methyl sites for hydroxylation is 4. The van der Waals surface area contributed by atoms with Gasteiger partial charge in [0.2, 0.25) is 0 Å². The van der Waals surface area contributed by atoms with Gasteiger partial charge in [-0.1, -0.05) is 41.4 Å². The molecule has 1 atom stereocenters. The average Bonchev–Trinajstić information content (AvgIpc) is 2.69. The molecule has 2 rings (SSSR count). The number of aromatic nitrogens is 2. The van der Waals surface area contributed by atoms with Crippen molar-refractivity contribution in [3.05, 3.63) is 51.8 Å². The number of nitrogens with zero attached hydrogens (tertiary/aromatic N) is 2. The van der Waals surface area contributed by atoms with E-state index >= 15 is 0 Å². The molecule has 3 N–H and O–H groups in total. The molecule has 0 aliphatic carbocycles. The van der Waals surface area contributed by atoms with E-state index in [4.69, 9.17) is 17.4 Å². The molecule has 1 aromatic heterocycles. The van der Waals surface area contributed by atoms with Gasteiger partial charge < -0.3 is 0 Å². The number of benzene rings is 1. The van der Waals surface area contributed by atoms with Crippen molar-refractivity contribution in [3.63, 3.8) is 0 Å². The molecule has 0 aliphatic heterocycles. The molecule has 114 valence electrons. The predicted molar refractivity (Wildman–Crippen MR) is 87.3 cm³/mol. The van der Waals surface area contributed by atoms with Crippen LogP contribution >= 0.6 is 11.6 Å². The van der Waals surface area contributed by atoms with Crippen molar-refractivity contribution < 1.29 is 0 Å². The van der Waals surface area contributed by atoms with Crippen LogP contribution in [0.2, 0.25) is 5.15 Å². The second-order valence-electron chi connectivity index (χ2n) is 5.57. The smallest absolute Gasteiger partial charge is 0.130 e. The fraction of sp³-hybridized carbons (Fsp3) is 0.438. The van der Waals surface area contributed by atoms with E-state index in [0.29, 0.717) is 5.15 Å². The molecule has 1 unspecified atom stereocenters. The first-order valence-electron chi connectivity index (χ1n) is 7.21. The SMILES string of the molecule is Cc1cccc(CCC(Cc2c(C)nn(C)c2Cl)NN)c1. The van der Waals surface area contributed by atoms with Gasteiger partial charge in [0.15, 0.2) is 0 Å². The van der Waals surface area contributed by atoms with Crippen molar-refractivity contribution in [2.75, 3.05) is 0 Å². The van der Waals surface area contributed by atoms with E-state index in [1.54, 1.807) is 4.68 Å². The zero-order chi connectivity index (χ0) is 15.4. The lowest BCUT2D eigenvalue weighted by Gasteiger charge is -2.16. The first-order valence-corrected chi connectivity index (χ1v) is 7.58. The summed E-state index contributed by atoms with van der Waals surface area (Å²) in [6, 6.07) is 8.77. The minimum atomic E-state index is 0.186. The number of hydrogen-bond acceptors (Lipinski definition) is 3. The lowest BCUT2D eigenvalue weighted by Crippen LogP contribution is -2.37. The molecule has 1 heterocycles. The van der Waals surface area contributed by atoms with Crippen molar-refractivity contribution in [2.24, 2.45) is 12.9 Å². The summed E-state index contributed by atoms with van der Waals surface area (Å²) < 4.78 is 1.71. The number of hydrazine groups is 1. The Morgan fingerprint density at radius 3 is 2.71 bits per heavy atom. The summed E-state index contributed by atoms with van der Waals surface area (Å²) in [5.74, 6) is 5.70. The van der Waals surface area contributed by atoms with Crippen LogP contribution in [-0.2, 0) is 19.9 Å². The van der Waals surface area contributed by atoms with Crippen LogP contribution in [0.1, 0.15) is 28.8 Å². The van der Waals surface area contributed by atoms with Gasteiger partial charge in [0, 0.05) is 18.7 Å². The monoisotopic (exact) mass is 306 g/mol. The average molecular weight is 307 g/mol. The van der Waals surface area contributed by atoms with Gasteiger partial charge in [0.05, 0.1) is 5.69 Å². The standard InChI is InChI=1S/C16H23ClN4/c1-11-5-4-6-13(9-11)7-8-14(19-18)10-15-12(2)20-21(3)16(15)17/h4-6,9,14,19H,7-8,10,18H2,1-3H3. The van der Waals surface area contributed by atoms with E-state index in [2.05, 4.69) is 41.7 Å². The number of rotatable bonds is 6. The molecule has 1 aromatic carbocycles. The van der Waals surface area contributed by atoms with Gasteiger partial charge in [0.1, 0.15) is 5.15 Å². The van der Waals surface area contributed by atoms with E-state index in [-0.39, 0.29) is 6.04 Å². The van der Waals surface area contributed by atoms with Crippen LogP contribution in [0, 0.1) is 13.8 Å². The third-order valence-electron chi connectivity index (χ3n) is 3.82. The Morgan fingerprint density at radius 2 is 2.14 bits per heavy atom. The zero-order valence-electron chi connectivity index (χ0n) is 12.9. The lowest BCUT2D eigenvalue weighted by atomic mass is 9.99. The molecular weight excluding hydrogens is 284 g/mol. The van der Waals surface area contributed by atoms with Gasteiger partial charge >= 0.3 is 0 Å². The Morgan fingerprint density at radius 1 is 1.38 bits per heavy atom. The van der Waals surface area contributed by atoms with Crippen molar-refractivity contribution in [1.29, 1.82) is 0 Å². The van der Waals surface area contributed by atoms with Crippen molar-refractivity contribution >= 4 is 11.6 Å². The largest absolute Gasteiger partial charge is 0.271 e. The highest BCUT2D eigenvalue weighted by molar-refractivity contribution is 6.30. The lowest BCUT2D eigenvalue weighted by molar-refractivity contribution is 0.490. The van der Waals surface area contributed by atoms with Crippen LogP contribution < -0.4 is 11.3 Å². The number of halogens is 1. The van der Waals surface area contributed by atoms with E-state index in [1.165, 1.54) is 11.1 Å². The Kier molecular flexibility index (Phi) is 5.39. The highest BCUT2D eigenvalue weighted by Gasteiger charge is 2.16. The summed E-state index contributed by atoms with van der Waals surface area (Å²) in [4.78, 5) is 0. The molecule has 2 aromatic rings. The van der Waals surface area contributed by atoms with Crippen LogP contribution in [0.5, 0.6) is 0 Å². The summed E-state index contributed by atoms with van der Waals surface area (Å²) in [6.07, 6.45) is 2.75. The zero-order valence-corrected chi connectivity index (χ0v) is 13.6. The van der Waals surface area contributed by atoms with E-state index in [0.717, 1.165) is 30.5 Å². The van der Waals surface area contributed by atoms with Gasteiger partial charge in [-0.3, -0.25) is 16.0 Å². The van der Waals surface area contributed by atoms with Gasteiger partial charge in [0.25, 0.3) is 0 Å². The maximum Gasteiger partial charge on any atom is 0.130 e. The second-order valence-corrected chi connectivity index (χ2v) is 5.93. The summed E-state index contributed by atoms with van der Waals surface area (Å²) in [5, 5.41) is 5.04. The molecule has 0 radical (unpaired) electrons. The normalized spacial score (nSPS) is 12.6. The minimum Gasteiger partial charge on any atom is -0.271 e.